The average Bonchev–Trinajstić information content (AvgIpc) is 3.13. The molecule has 2 saturated carbocycles. The Bertz CT molecular complexity index is 674. The summed E-state index contributed by atoms with van der Waals surface area (Å²) in [6, 6.07) is 6.50. The predicted octanol–water partition coefficient (Wildman–Crippen LogP) is 0.214. The zero-order valence-electron chi connectivity index (χ0n) is 13.3. The van der Waals surface area contributed by atoms with E-state index in [1.165, 1.54) is 0 Å². The number of carbonyl (C=O) groups excluding carboxylic acids is 3. The van der Waals surface area contributed by atoms with Crippen LogP contribution in [-0.4, -0.2) is 30.3 Å². The molecule has 0 aromatic heterocycles. The molecule has 2 aliphatic carbocycles. The van der Waals surface area contributed by atoms with Crippen LogP contribution in [-0.2, 0) is 9.59 Å². The average molecular weight is 330 g/mol. The van der Waals surface area contributed by atoms with Crippen molar-refractivity contribution in [3.63, 3.8) is 0 Å². The lowest BCUT2D eigenvalue weighted by molar-refractivity contribution is -0.121. The Morgan fingerprint density at radius 1 is 1.17 bits per heavy atom. The molecule has 6 N–H and O–H groups in total. The number of nitrogens with one attached hydrogen (secondary N) is 2. The molecule has 1 aromatic rings. The molecule has 0 aliphatic heterocycles. The first-order valence-electron chi connectivity index (χ1n) is 8.18. The van der Waals surface area contributed by atoms with Gasteiger partial charge in [-0.3, -0.25) is 14.4 Å². The van der Waals surface area contributed by atoms with Gasteiger partial charge >= 0.3 is 0 Å². The highest BCUT2D eigenvalue weighted by atomic mass is 16.2. The summed E-state index contributed by atoms with van der Waals surface area (Å²) in [5.74, 6) is -0.441. The van der Waals surface area contributed by atoms with Crippen molar-refractivity contribution < 1.29 is 14.4 Å². The van der Waals surface area contributed by atoms with Gasteiger partial charge in [-0.05, 0) is 49.3 Å². The van der Waals surface area contributed by atoms with Crippen LogP contribution in [0.25, 0.3) is 0 Å². The summed E-state index contributed by atoms with van der Waals surface area (Å²) >= 11 is 0. The first-order chi connectivity index (χ1) is 11.5. The minimum Gasteiger partial charge on any atom is -0.368 e. The van der Waals surface area contributed by atoms with E-state index in [2.05, 4.69) is 10.6 Å². The molecule has 0 saturated heterocycles. The summed E-state index contributed by atoms with van der Waals surface area (Å²) in [6.07, 6.45) is 3.21. The zero-order chi connectivity index (χ0) is 17.3. The van der Waals surface area contributed by atoms with Gasteiger partial charge in [0.2, 0.25) is 11.8 Å². The normalized spacial score (nSPS) is 27.7. The van der Waals surface area contributed by atoms with Crippen molar-refractivity contribution in [2.45, 2.75) is 25.3 Å². The third-order valence-electron chi connectivity index (χ3n) is 5.10. The molecular formula is C17H22N4O3. The molecule has 0 heterocycles. The molecule has 0 radical (unpaired) electrons. The van der Waals surface area contributed by atoms with E-state index in [0.717, 1.165) is 19.3 Å². The molecule has 7 heteroatoms. The maximum absolute atomic E-state index is 12.6. The third kappa shape index (κ3) is 3.26. The van der Waals surface area contributed by atoms with E-state index in [1.54, 1.807) is 24.3 Å². The van der Waals surface area contributed by atoms with Crippen molar-refractivity contribution in [3.8, 4) is 0 Å². The zero-order valence-corrected chi connectivity index (χ0v) is 13.3. The molecule has 4 atom stereocenters. The molecule has 4 unspecified atom stereocenters. The van der Waals surface area contributed by atoms with Gasteiger partial charge in [0.15, 0.2) is 0 Å². The molecule has 2 aliphatic rings. The fraction of sp³-hybridized carbons (Fsp3) is 0.471. The van der Waals surface area contributed by atoms with Crippen molar-refractivity contribution in [2.24, 2.45) is 29.2 Å². The van der Waals surface area contributed by atoms with Crippen LogP contribution in [0.4, 0.5) is 5.69 Å². The number of hydrogen-bond donors (Lipinski definition) is 4. The summed E-state index contributed by atoms with van der Waals surface area (Å²) in [5, 5.41) is 5.29. The van der Waals surface area contributed by atoms with Gasteiger partial charge in [0.25, 0.3) is 5.91 Å². The molecule has 1 aromatic carbocycles. The van der Waals surface area contributed by atoms with E-state index in [1.807, 2.05) is 0 Å². The van der Waals surface area contributed by atoms with Gasteiger partial charge in [-0.25, -0.2) is 0 Å². The van der Waals surface area contributed by atoms with E-state index in [4.69, 9.17) is 11.5 Å². The number of carbonyl (C=O) groups is 3. The fourth-order valence-corrected chi connectivity index (χ4v) is 3.96. The summed E-state index contributed by atoms with van der Waals surface area (Å²) in [5.41, 5.74) is 12.1. The lowest BCUT2D eigenvalue weighted by Gasteiger charge is -2.27. The van der Waals surface area contributed by atoms with E-state index in [-0.39, 0.29) is 24.4 Å². The van der Waals surface area contributed by atoms with Crippen molar-refractivity contribution >= 4 is 23.4 Å². The second-order valence-corrected chi connectivity index (χ2v) is 6.66. The van der Waals surface area contributed by atoms with Crippen LogP contribution >= 0.6 is 0 Å². The fourth-order valence-electron chi connectivity index (χ4n) is 3.96. The number of amides is 3. The molecule has 128 valence electrons. The SMILES string of the molecule is NC(=O)CNC(=O)c1cccc(NC(=O)C2C3CCC(C3)C2N)c1. The summed E-state index contributed by atoms with van der Waals surface area (Å²) in [6.45, 7) is -0.227. The highest BCUT2D eigenvalue weighted by molar-refractivity contribution is 5.99. The molecule has 3 rings (SSSR count). The van der Waals surface area contributed by atoms with Crippen molar-refractivity contribution in [2.75, 3.05) is 11.9 Å². The van der Waals surface area contributed by atoms with Crippen molar-refractivity contribution in [3.05, 3.63) is 29.8 Å². The van der Waals surface area contributed by atoms with Gasteiger partial charge in [0.05, 0.1) is 12.5 Å². The van der Waals surface area contributed by atoms with E-state index in [0.29, 0.717) is 23.1 Å². The number of hydrogen-bond acceptors (Lipinski definition) is 4. The van der Waals surface area contributed by atoms with Gasteiger partial charge in [-0.15, -0.1) is 0 Å². The monoisotopic (exact) mass is 330 g/mol. The highest BCUT2D eigenvalue weighted by Gasteiger charge is 2.49. The smallest absolute Gasteiger partial charge is 0.251 e. The molecule has 3 amide bonds. The van der Waals surface area contributed by atoms with Crippen LogP contribution in [0.5, 0.6) is 0 Å². The quantitative estimate of drug-likeness (QED) is 0.615. The van der Waals surface area contributed by atoms with Gasteiger partial charge < -0.3 is 22.1 Å². The Morgan fingerprint density at radius 2 is 1.92 bits per heavy atom. The first-order valence-corrected chi connectivity index (χ1v) is 8.18. The van der Waals surface area contributed by atoms with Crippen LogP contribution in [0.15, 0.2) is 24.3 Å². The van der Waals surface area contributed by atoms with Crippen LogP contribution in [0, 0.1) is 17.8 Å². The van der Waals surface area contributed by atoms with Crippen LogP contribution < -0.4 is 22.1 Å². The Hall–Kier alpha value is -2.41. The maximum atomic E-state index is 12.6. The molecule has 24 heavy (non-hydrogen) atoms. The highest BCUT2D eigenvalue weighted by Crippen LogP contribution is 2.47. The van der Waals surface area contributed by atoms with E-state index < -0.39 is 11.8 Å². The summed E-state index contributed by atoms with van der Waals surface area (Å²) < 4.78 is 0. The largest absolute Gasteiger partial charge is 0.368 e. The molecule has 2 fully saturated rings. The van der Waals surface area contributed by atoms with Crippen molar-refractivity contribution in [1.29, 1.82) is 0 Å². The Balaban J connectivity index is 1.65. The molecular weight excluding hydrogens is 308 g/mol. The minimum absolute atomic E-state index is 0.0780. The van der Waals surface area contributed by atoms with Gasteiger partial charge in [0.1, 0.15) is 0 Å². The second kappa shape index (κ2) is 6.60. The Kier molecular flexibility index (Phi) is 4.53. The number of fused-ring (bicyclic) bond motifs is 2. The van der Waals surface area contributed by atoms with Gasteiger partial charge in [-0.2, -0.15) is 0 Å². The number of primary amides is 1. The van der Waals surface area contributed by atoms with Crippen LogP contribution in [0.1, 0.15) is 29.6 Å². The van der Waals surface area contributed by atoms with E-state index >= 15 is 0 Å². The summed E-state index contributed by atoms with van der Waals surface area (Å²) in [7, 11) is 0. The predicted molar refractivity (Wildman–Crippen MR) is 88.9 cm³/mol. The second-order valence-electron chi connectivity index (χ2n) is 6.66. The topological polar surface area (TPSA) is 127 Å². The number of nitrogens with two attached hydrogens (primary N) is 2. The standard InChI is InChI=1S/C17H22N4O3/c18-13(22)8-20-16(23)11-2-1-3-12(7-11)21-17(24)14-9-4-5-10(6-9)15(14)19/h1-3,7,9-10,14-15H,4-6,8,19H2,(H2,18,22)(H,20,23)(H,21,24). The van der Waals surface area contributed by atoms with Crippen LogP contribution in [0.3, 0.4) is 0 Å². The number of benzene rings is 1. The minimum atomic E-state index is -0.613. The van der Waals surface area contributed by atoms with Crippen molar-refractivity contribution in [1.82, 2.24) is 5.32 Å². The lowest BCUT2D eigenvalue weighted by atomic mass is 9.84. The molecule has 2 bridgehead atoms. The summed E-state index contributed by atoms with van der Waals surface area (Å²) in [4.78, 5) is 35.2. The number of rotatable bonds is 5. The third-order valence-corrected chi connectivity index (χ3v) is 5.10. The maximum Gasteiger partial charge on any atom is 0.251 e. The van der Waals surface area contributed by atoms with Crippen LogP contribution in [0.2, 0.25) is 0 Å². The Labute approximate surface area is 140 Å². The molecule has 0 spiro atoms. The lowest BCUT2D eigenvalue weighted by Crippen LogP contribution is -2.42. The number of anilines is 1. The van der Waals surface area contributed by atoms with Gasteiger partial charge in [-0.1, -0.05) is 6.07 Å². The van der Waals surface area contributed by atoms with Gasteiger partial charge in [0, 0.05) is 17.3 Å². The first kappa shape index (κ1) is 16.4. The molecule has 7 nitrogen and oxygen atoms in total. The Morgan fingerprint density at radius 3 is 2.58 bits per heavy atom. The van der Waals surface area contributed by atoms with E-state index in [9.17, 15) is 14.4 Å².